The third-order valence-electron chi connectivity index (χ3n) is 2.32. The number of alkyl halides is 1. The van der Waals surface area contributed by atoms with E-state index in [1.54, 1.807) is 12.1 Å². The Hall–Kier alpha value is -1.00. The second-order valence-electron chi connectivity index (χ2n) is 3.61. The smallest absolute Gasteiger partial charge is 0.307 e. The normalized spacial score (nSPS) is 12.2. The summed E-state index contributed by atoms with van der Waals surface area (Å²) in [5.41, 5.74) is 1.18. The zero-order valence-electron chi connectivity index (χ0n) is 9.57. The van der Waals surface area contributed by atoms with Crippen LogP contribution in [-0.2, 0) is 16.0 Å². The Bertz CT molecular complexity index is 445. The van der Waals surface area contributed by atoms with Gasteiger partial charge in [-0.15, -0.1) is 23.4 Å². The van der Waals surface area contributed by atoms with Gasteiger partial charge >= 0.3 is 5.97 Å². The number of halogens is 1. The van der Waals surface area contributed by atoms with Crippen molar-refractivity contribution >= 4 is 35.1 Å². The van der Waals surface area contributed by atoms with Gasteiger partial charge in [-0.05, 0) is 36.4 Å². The second-order valence-corrected chi connectivity index (χ2v) is 4.92. The van der Waals surface area contributed by atoms with Crippen LogP contribution in [0.5, 0.6) is 0 Å². The van der Waals surface area contributed by atoms with Gasteiger partial charge in [-0.3, -0.25) is 9.59 Å². The lowest BCUT2D eigenvalue weighted by Gasteiger charge is -2.12. The Morgan fingerprint density at radius 1 is 1.47 bits per heavy atom. The highest BCUT2D eigenvalue weighted by Crippen LogP contribution is 2.28. The quantitative estimate of drug-likeness (QED) is 0.661. The van der Waals surface area contributed by atoms with Crippen LogP contribution in [0.15, 0.2) is 23.1 Å². The SMILES string of the molecule is CSc1ccc(C(Cl)C(C)=O)c(CC(=O)O)c1. The molecule has 1 aromatic rings. The van der Waals surface area contributed by atoms with E-state index >= 15 is 0 Å². The minimum absolute atomic E-state index is 0.125. The van der Waals surface area contributed by atoms with Crippen molar-refractivity contribution in [1.82, 2.24) is 0 Å². The van der Waals surface area contributed by atoms with Crippen molar-refractivity contribution in [3.05, 3.63) is 29.3 Å². The topological polar surface area (TPSA) is 54.4 Å². The van der Waals surface area contributed by atoms with Gasteiger partial charge in [0, 0.05) is 4.90 Å². The van der Waals surface area contributed by atoms with Gasteiger partial charge in [0.1, 0.15) is 5.38 Å². The van der Waals surface area contributed by atoms with E-state index in [9.17, 15) is 9.59 Å². The molecule has 0 aliphatic heterocycles. The molecule has 0 saturated heterocycles. The summed E-state index contributed by atoms with van der Waals surface area (Å²) < 4.78 is 0. The van der Waals surface area contributed by atoms with E-state index in [2.05, 4.69) is 0 Å². The lowest BCUT2D eigenvalue weighted by molar-refractivity contribution is -0.136. The number of Topliss-reactive ketones (excluding diaryl/α,β-unsaturated/α-hetero) is 1. The van der Waals surface area contributed by atoms with E-state index in [4.69, 9.17) is 16.7 Å². The number of hydrogen-bond acceptors (Lipinski definition) is 3. The van der Waals surface area contributed by atoms with Gasteiger partial charge in [-0.25, -0.2) is 0 Å². The van der Waals surface area contributed by atoms with E-state index in [-0.39, 0.29) is 12.2 Å². The summed E-state index contributed by atoms with van der Waals surface area (Å²) in [6.45, 7) is 1.39. The van der Waals surface area contributed by atoms with Crippen molar-refractivity contribution in [1.29, 1.82) is 0 Å². The molecule has 3 nitrogen and oxygen atoms in total. The zero-order valence-corrected chi connectivity index (χ0v) is 11.1. The molecule has 1 atom stereocenters. The molecule has 0 saturated carbocycles. The van der Waals surface area contributed by atoms with E-state index < -0.39 is 11.3 Å². The Balaban J connectivity index is 3.18. The van der Waals surface area contributed by atoms with Crippen LogP contribution >= 0.6 is 23.4 Å². The highest BCUT2D eigenvalue weighted by Gasteiger charge is 2.18. The summed E-state index contributed by atoms with van der Waals surface area (Å²) in [4.78, 5) is 23.0. The highest BCUT2D eigenvalue weighted by atomic mass is 35.5. The first kappa shape index (κ1) is 14.1. The average molecular weight is 273 g/mol. The molecule has 0 amide bonds. The molecule has 1 unspecified atom stereocenters. The summed E-state index contributed by atoms with van der Waals surface area (Å²) in [6, 6.07) is 5.33. The van der Waals surface area contributed by atoms with Gasteiger partial charge in [-0.2, -0.15) is 0 Å². The summed E-state index contributed by atoms with van der Waals surface area (Å²) in [7, 11) is 0. The van der Waals surface area contributed by atoms with Crippen molar-refractivity contribution in [3.63, 3.8) is 0 Å². The Labute approximate surface area is 109 Å². The number of carbonyl (C=O) groups excluding carboxylic acids is 1. The van der Waals surface area contributed by atoms with Crippen molar-refractivity contribution < 1.29 is 14.7 Å². The van der Waals surface area contributed by atoms with Gasteiger partial charge in [0.05, 0.1) is 6.42 Å². The van der Waals surface area contributed by atoms with Gasteiger partial charge in [0.25, 0.3) is 0 Å². The predicted molar refractivity (Wildman–Crippen MR) is 68.8 cm³/mol. The minimum atomic E-state index is -0.933. The van der Waals surface area contributed by atoms with Crippen LogP contribution in [0.1, 0.15) is 23.4 Å². The van der Waals surface area contributed by atoms with Crippen LogP contribution < -0.4 is 0 Å². The van der Waals surface area contributed by atoms with Crippen LogP contribution in [-0.4, -0.2) is 23.1 Å². The lowest BCUT2D eigenvalue weighted by Crippen LogP contribution is -2.09. The fourth-order valence-corrected chi connectivity index (χ4v) is 2.17. The summed E-state index contributed by atoms with van der Waals surface area (Å²) in [5.74, 6) is -1.12. The van der Waals surface area contributed by atoms with E-state index in [1.807, 2.05) is 12.3 Å². The molecule has 0 radical (unpaired) electrons. The molecular formula is C12H13ClO3S. The van der Waals surface area contributed by atoms with Crippen LogP contribution in [0.2, 0.25) is 0 Å². The maximum Gasteiger partial charge on any atom is 0.307 e. The van der Waals surface area contributed by atoms with Gasteiger partial charge in [0.15, 0.2) is 5.78 Å². The third-order valence-corrected chi connectivity index (χ3v) is 3.59. The van der Waals surface area contributed by atoms with Gasteiger partial charge in [-0.1, -0.05) is 6.07 Å². The molecule has 0 spiro atoms. The number of carboxylic acids is 1. The first-order valence-electron chi connectivity index (χ1n) is 4.98. The van der Waals surface area contributed by atoms with Crippen molar-refractivity contribution in [3.8, 4) is 0 Å². The number of aliphatic carboxylic acids is 1. The predicted octanol–water partition coefficient (Wildman–Crippen LogP) is 2.90. The number of hydrogen-bond donors (Lipinski definition) is 1. The molecule has 0 aliphatic rings. The lowest BCUT2D eigenvalue weighted by atomic mass is 10.00. The second kappa shape index (κ2) is 6.07. The molecule has 0 heterocycles. The molecular weight excluding hydrogens is 260 g/mol. The fraction of sp³-hybridized carbons (Fsp3) is 0.333. The molecule has 1 aromatic carbocycles. The maximum absolute atomic E-state index is 11.3. The van der Waals surface area contributed by atoms with Crippen LogP contribution in [0.4, 0.5) is 0 Å². The van der Waals surface area contributed by atoms with Gasteiger partial charge < -0.3 is 5.11 Å². The van der Waals surface area contributed by atoms with Gasteiger partial charge in [0.2, 0.25) is 0 Å². The largest absolute Gasteiger partial charge is 0.481 e. The number of benzene rings is 1. The Morgan fingerprint density at radius 2 is 2.12 bits per heavy atom. The van der Waals surface area contributed by atoms with Crippen LogP contribution in [0.3, 0.4) is 0 Å². The van der Waals surface area contributed by atoms with E-state index in [0.29, 0.717) is 11.1 Å². The summed E-state index contributed by atoms with van der Waals surface area (Å²) >= 11 is 7.49. The number of carbonyl (C=O) groups is 2. The van der Waals surface area contributed by atoms with E-state index in [0.717, 1.165) is 4.90 Å². The molecule has 1 rings (SSSR count). The molecule has 0 aromatic heterocycles. The minimum Gasteiger partial charge on any atom is -0.481 e. The van der Waals surface area contributed by atoms with Crippen molar-refractivity contribution in [2.45, 2.75) is 23.6 Å². The Morgan fingerprint density at radius 3 is 2.59 bits per heavy atom. The first-order chi connectivity index (χ1) is 7.95. The molecule has 17 heavy (non-hydrogen) atoms. The molecule has 5 heteroatoms. The number of rotatable bonds is 5. The van der Waals surface area contributed by atoms with Crippen LogP contribution in [0, 0.1) is 0 Å². The maximum atomic E-state index is 11.3. The van der Waals surface area contributed by atoms with Crippen molar-refractivity contribution in [2.75, 3.05) is 6.26 Å². The highest BCUT2D eigenvalue weighted by molar-refractivity contribution is 7.98. The Kier molecular flexibility index (Phi) is 5.02. The molecule has 0 aliphatic carbocycles. The van der Waals surface area contributed by atoms with E-state index in [1.165, 1.54) is 18.7 Å². The molecule has 0 fully saturated rings. The summed E-state index contributed by atoms with van der Waals surface area (Å²) in [6.07, 6.45) is 1.78. The van der Waals surface area contributed by atoms with Crippen LogP contribution in [0.25, 0.3) is 0 Å². The molecule has 0 bridgehead atoms. The number of thioether (sulfide) groups is 1. The fourth-order valence-electron chi connectivity index (χ4n) is 1.49. The van der Waals surface area contributed by atoms with Crippen molar-refractivity contribution in [2.24, 2.45) is 0 Å². The first-order valence-corrected chi connectivity index (χ1v) is 6.65. The average Bonchev–Trinajstić information content (AvgIpc) is 2.27. The molecule has 92 valence electrons. The monoisotopic (exact) mass is 272 g/mol. The number of carboxylic acid groups (broad SMARTS) is 1. The summed E-state index contributed by atoms with van der Waals surface area (Å²) in [5, 5.41) is 8.06. The third kappa shape index (κ3) is 3.75. The zero-order chi connectivity index (χ0) is 13.0. The molecule has 1 N–H and O–H groups in total. The standard InChI is InChI=1S/C12H13ClO3S/c1-7(14)12(13)10-4-3-9(17-2)5-8(10)6-11(15)16/h3-5,12H,6H2,1-2H3,(H,15,16). The number of ketones is 1.